The third-order valence-electron chi connectivity index (χ3n) is 2.54. The predicted octanol–water partition coefficient (Wildman–Crippen LogP) is 4.38. The molecule has 2 rings (SSSR count). The minimum absolute atomic E-state index is 0.123. The lowest BCUT2D eigenvalue weighted by molar-refractivity contribution is -0.274. The summed E-state index contributed by atoms with van der Waals surface area (Å²) in [5, 5.41) is 0. The highest BCUT2D eigenvalue weighted by Gasteiger charge is 2.31. The number of halogens is 3. The van der Waals surface area contributed by atoms with Gasteiger partial charge in [0.15, 0.2) is 5.76 Å². The number of furan rings is 1. The van der Waals surface area contributed by atoms with E-state index in [1.165, 1.54) is 30.3 Å². The zero-order valence-electron chi connectivity index (χ0n) is 11.0. The van der Waals surface area contributed by atoms with E-state index in [0.29, 0.717) is 5.76 Å². The van der Waals surface area contributed by atoms with Gasteiger partial charge in [0.05, 0.1) is 0 Å². The van der Waals surface area contributed by atoms with Crippen molar-refractivity contribution in [3.8, 4) is 5.75 Å². The lowest BCUT2D eigenvalue weighted by Crippen LogP contribution is -2.17. The molecular formula is C15H11F3O3. The number of benzene rings is 1. The van der Waals surface area contributed by atoms with Gasteiger partial charge in [-0.25, -0.2) is 0 Å². The van der Waals surface area contributed by atoms with Crippen LogP contribution in [0.5, 0.6) is 5.75 Å². The molecule has 0 N–H and O–H groups in total. The second-order valence-corrected chi connectivity index (χ2v) is 4.19. The lowest BCUT2D eigenvalue weighted by atomic mass is 10.1. The predicted molar refractivity (Wildman–Crippen MR) is 69.9 cm³/mol. The standard InChI is InChI=1S/C15H11F3O3/c1-10-6-9-14(20-10)12(19)8-7-11-4-2-3-5-13(11)21-15(16,17)18/h2-9H,1H3/b8-7+. The van der Waals surface area contributed by atoms with E-state index in [-0.39, 0.29) is 17.1 Å². The highest BCUT2D eigenvalue weighted by atomic mass is 19.4. The van der Waals surface area contributed by atoms with Crippen molar-refractivity contribution in [2.45, 2.75) is 13.3 Å². The van der Waals surface area contributed by atoms with Gasteiger partial charge in [-0.3, -0.25) is 4.79 Å². The van der Waals surface area contributed by atoms with Gasteiger partial charge in [0, 0.05) is 5.56 Å². The summed E-state index contributed by atoms with van der Waals surface area (Å²) >= 11 is 0. The molecule has 21 heavy (non-hydrogen) atoms. The van der Waals surface area contributed by atoms with Crippen molar-refractivity contribution in [1.82, 2.24) is 0 Å². The number of hydrogen-bond acceptors (Lipinski definition) is 3. The summed E-state index contributed by atoms with van der Waals surface area (Å²) in [6, 6.07) is 8.68. The molecule has 0 spiro atoms. The third kappa shape index (κ3) is 4.24. The zero-order chi connectivity index (χ0) is 15.5. The summed E-state index contributed by atoms with van der Waals surface area (Å²) in [5.41, 5.74) is 0.145. The molecule has 0 amide bonds. The number of alkyl halides is 3. The summed E-state index contributed by atoms with van der Waals surface area (Å²) < 4.78 is 45.8. The molecule has 1 aromatic carbocycles. The van der Waals surface area contributed by atoms with Crippen molar-refractivity contribution < 1.29 is 27.1 Å². The molecule has 0 aliphatic rings. The molecule has 0 unspecified atom stereocenters. The minimum atomic E-state index is -4.79. The van der Waals surface area contributed by atoms with Crippen molar-refractivity contribution >= 4 is 11.9 Å². The Hall–Kier alpha value is -2.50. The summed E-state index contributed by atoms with van der Waals surface area (Å²) in [5.74, 6) is -0.111. The Morgan fingerprint density at radius 3 is 2.52 bits per heavy atom. The molecule has 1 heterocycles. The number of carbonyl (C=O) groups is 1. The Kier molecular flexibility index (Phi) is 4.16. The number of allylic oxidation sites excluding steroid dienone is 1. The average molecular weight is 296 g/mol. The molecular weight excluding hydrogens is 285 g/mol. The summed E-state index contributed by atoms with van der Waals surface area (Å²) in [7, 11) is 0. The van der Waals surface area contributed by atoms with Gasteiger partial charge in [-0.1, -0.05) is 18.2 Å². The van der Waals surface area contributed by atoms with Crippen molar-refractivity contribution in [3.05, 3.63) is 59.6 Å². The van der Waals surface area contributed by atoms with Crippen LogP contribution in [-0.2, 0) is 0 Å². The Balaban J connectivity index is 2.19. The van der Waals surface area contributed by atoms with Crippen LogP contribution in [0.15, 0.2) is 46.9 Å². The van der Waals surface area contributed by atoms with Gasteiger partial charge in [-0.05, 0) is 37.3 Å². The first-order valence-corrected chi connectivity index (χ1v) is 5.99. The van der Waals surface area contributed by atoms with Gasteiger partial charge in [0.25, 0.3) is 0 Å². The number of rotatable bonds is 4. The first-order valence-electron chi connectivity index (χ1n) is 5.99. The molecule has 1 aromatic heterocycles. The Bertz CT molecular complexity index is 669. The number of para-hydroxylation sites is 1. The molecule has 0 saturated carbocycles. The van der Waals surface area contributed by atoms with Crippen LogP contribution in [0.3, 0.4) is 0 Å². The first kappa shape index (κ1) is 14.9. The van der Waals surface area contributed by atoms with Crippen molar-refractivity contribution in [1.29, 1.82) is 0 Å². The fourth-order valence-corrected chi connectivity index (χ4v) is 1.65. The van der Waals surface area contributed by atoms with Gasteiger partial charge in [0.1, 0.15) is 11.5 Å². The van der Waals surface area contributed by atoms with Crippen LogP contribution in [0.1, 0.15) is 21.9 Å². The van der Waals surface area contributed by atoms with E-state index in [1.54, 1.807) is 19.1 Å². The SMILES string of the molecule is Cc1ccc(C(=O)/C=C/c2ccccc2OC(F)(F)F)o1. The smallest absolute Gasteiger partial charge is 0.458 e. The van der Waals surface area contributed by atoms with Crippen LogP contribution in [-0.4, -0.2) is 12.1 Å². The van der Waals surface area contributed by atoms with E-state index in [2.05, 4.69) is 4.74 Å². The topological polar surface area (TPSA) is 39.4 Å². The fraction of sp³-hybridized carbons (Fsp3) is 0.133. The molecule has 3 nitrogen and oxygen atoms in total. The molecule has 0 radical (unpaired) electrons. The quantitative estimate of drug-likeness (QED) is 0.620. The van der Waals surface area contributed by atoms with Gasteiger partial charge >= 0.3 is 6.36 Å². The summed E-state index contributed by atoms with van der Waals surface area (Å²) in [6.07, 6.45) is -2.40. The molecule has 2 aromatic rings. The van der Waals surface area contributed by atoms with E-state index in [1.807, 2.05) is 0 Å². The average Bonchev–Trinajstić information content (AvgIpc) is 2.82. The Morgan fingerprint density at radius 1 is 1.19 bits per heavy atom. The summed E-state index contributed by atoms with van der Waals surface area (Å²) in [6.45, 7) is 1.69. The fourth-order valence-electron chi connectivity index (χ4n) is 1.65. The van der Waals surface area contributed by atoms with Crippen molar-refractivity contribution in [2.24, 2.45) is 0 Å². The van der Waals surface area contributed by atoms with E-state index >= 15 is 0 Å². The van der Waals surface area contributed by atoms with E-state index in [4.69, 9.17) is 4.42 Å². The Labute approximate surface area is 118 Å². The van der Waals surface area contributed by atoms with Crippen LogP contribution in [0.2, 0.25) is 0 Å². The molecule has 0 atom stereocenters. The zero-order valence-corrected chi connectivity index (χ0v) is 11.0. The second-order valence-electron chi connectivity index (χ2n) is 4.19. The maximum absolute atomic E-state index is 12.3. The van der Waals surface area contributed by atoms with Gasteiger partial charge in [-0.15, -0.1) is 13.2 Å². The minimum Gasteiger partial charge on any atom is -0.458 e. The summed E-state index contributed by atoms with van der Waals surface area (Å²) in [4.78, 5) is 11.8. The molecule has 110 valence electrons. The third-order valence-corrected chi connectivity index (χ3v) is 2.54. The molecule has 0 fully saturated rings. The highest BCUT2D eigenvalue weighted by molar-refractivity contribution is 6.05. The van der Waals surface area contributed by atoms with E-state index in [9.17, 15) is 18.0 Å². The number of aryl methyl sites for hydroxylation is 1. The van der Waals surface area contributed by atoms with Gasteiger partial charge in [0.2, 0.25) is 5.78 Å². The number of hydrogen-bond donors (Lipinski definition) is 0. The highest BCUT2D eigenvalue weighted by Crippen LogP contribution is 2.27. The van der Waals surface area contributed by atoms with Crippen molar-refractivity contribution in [3.63, 3.8) is 0 Å². The molecule has 0 aliphatic heterocycles. The lowest BCUT2D eigenvalue weighted by Gasteiger charge is -2.10. The van der Waals surface area contributed by atoms with Crippen LogP contribution >= 0.6 is 0 Å². The van der Waals surface area contributed by atoms with Crippen LogP contribution in [0.4, 0.5) is 13.2 Å². The molecule has 0 saturated heterocycles. The number of ether oxygens (including phenoxy) is 1. The number of carbonyl (C=O) groups excluding carboxylic acids is 1. The van der Waals surface area contributed by atoms with Gasteiger partial charge in [-0.2, -0.15) is 0 Å². The van der Waals surface area contributed by atoms with Crippen LogP contribution < -0.4 is 4.74 Å². The Morgan fingerprint density at radius 2 is 1.90 bits per heavy atom. The molecule has 6 heteroatoms. The first-order chi connectivity index (χ1) is 9.85. The van der Waals surface area contributed by atoms with Crippen LogP contribution in [0, 0.1) is 6.92 Å². The van der Waals surface area contributed by atoms with Crippen LogP contribution in [0.25, 0.3) is 6.08 Å². The second kappa shape index (κ2) is 5.87. The number of ketones is 1. The van der Waals surface area contributed by atoms with Crippen molar-refractivity contribution in [2.75, 3.05) is 0 Å². The maximum atomic E-state index is 12.3. The van der Waals surface area contributed by atoms with Gasteiger partial charge < -0.3 is 9.15 Å². The monoisotopic (exact) mass is 296 g/mol. The van der Waals surface area contributed by atoms with E-state index < -0.39 is 12.1 Å². The normalized spacial score (nSPS) is 11.8. The maximum Gasteiger partial charge on any atom is 0.573 e. The molecule has 0 aliphatic carbocycles. The largest absolute Gasteiger partial charge is 0.573 e. The molecule has 0 bridgehead atoms. The van der Waals surface area contributed by atoms with E-state index in [0.717, 1.165) is 6.08 Å².